The molecule has 0 aromatic heterocycles. The van der Waals surface area contributed by atoms with E-state index in [1.807, 2.05) is 13.0 Å². The third-order valence-corrected chi connectivity index (χ3v) is 7.13. The number of Topliss-reactive ketones (excluding diaryl/α,β-unsaturated/α-hetero) is 1. The molecule has 0 spiro atoms. The monoisotopic (exact) mass is 543 g/mol. The van der Waals surface area contributed by atoms with Gasteiger partial charge in [-0.05, 0) is 62.6 Å². The lowest BCUT2D eigenvalue weighted by molar-refractivity contribution is -0.384. The average Bonchev–Trinajstić information content (AvgIpc) is 3.12. The van der Waals surface area contributed by atoms with Crippen LogP contribution in [0.1, 0.15) is 46.9 Å². The van der Waals surface area contributed by atoms with Crippen LogP contribution >= 0.6 is 23.2 Å². The number of hydrazine groups is 1. The number of hydrogen-bond donors (Lipinski definition) is 0. The molecule has 0 unspecified atom stereocenters. The Kier molecular flexibility index (Phi) is 7.75. The summed E-state index contributed by atoms with van der Waals surface area (Å²) in [6.45, 7) is 1.87. The van der Waals surface area contributed by atoms with Crippen LogP contribution in [0.2, 0.25) is 5.02 Å². The molecule has 0 N–H and O–H groups in total. The number of fused-ring (bicyclic) bond motifs is 1. The molecule has 1 heterocycles. The second-order valence-corrected chi connectivity index (χ2v) is 9.82. The molecule has 2 aromatic carbocycles. The van der Waals surface area contributed by atoms with Gasteiger partial charge in [0, 0.05) is 34.2 Å². The van der Waals surface area contributed by atoms with Crippen molar-refractivity contribution in [3.8, 4) is 0 Å². The summed E-state index contributed by atoms with van der Waals surface area (Å²) in [5, 5.41) is 13.2. The van der Waals surface area contributed by atoms with Crippen molar-refractivity contribution in [1.29, 1.82) is 0 Å². The SMILES string of the molecule is CC1=CC[C@@H]2C(=O)N(N(C(=O)c3ccc([N+](=O)[O-])cc3)[C@H](CCCl)C(=O)c3ccc(Cl)cc3)C(=O)[C@@H]2C1. The third-order valence-electron chi connectivity index (χ3n) is 6.66. The molecule has 192 valence electrons. The number of ketones is 1. The topological polar surface area (TPSA) is 118 Å². The van der Waals surface area contributed by atoms with Gasteiger partial charge in [0.2, 0.25) is 0 Å². The van der Waals surface area contributed by atoms with Crippen molar-refractivity contribution in [1.82, 2.24) is 10.0 Å². The van der Waals surface area contributed by atoms with Crippen LogP contribution < -0.4 is 0 Å². The summed E-state index contributed by atoms with van der Waals surface area (Å²) in [4.78, 5) is 65.1. The summed E-state index contributed by atoms with van der Waals surface area (Å²) in [5.41, 5.74) is 0.916. The van der Waals surface area contributed by atoms with E-state index in [2.05, 4.69) is 0 Å². The zero-order valence-corrected chi connectivity index (χ0v) is 21.3. The van der Waals surface area contributed by atoms with Crippen LogP contribution in [0.4, 0.5) is 5.69 Å². The van der Waals surface area contributed by atoms with Crippen LogP contribution in [0.15, 0.2) is 60.2 Å². The minimum absolute atomic E-state index is 0.0288. The number of hydrogen-bond acceptors (Lipinski definition) is 6. The number of allylic oxidation sites excluding steroid dienone is 2. The molecular weight excluding hydrogens is 521 g/mol. The van der Waals surface area contributed by atoms with E-state index < -0.39 is 46.3 Å². The van der Waals surface area contributed by atoms with Crippen molar-refractivity contribution < 1.29 is 24.1 Å². The highest BCUT2D eigenvalue weighted by molar-refractivity contribution is 6.30. The highest BCUT2D eigenvalue weighted by Gasteiger charge is 2.53. The van der Waals surface area contributed by atoms with Crippen LogP contribution in [0.5, 0.6) is 0 Å². The van der Waals surface area contributed by atoms with Crippen molar-refractivity contribution in [2.45, 2.75) is 32.2 Å². The van der Waals surface area contributed by atoms with Crippen LogP contribution in [0.25, 0.3) is 0 Å². The van der Waals surface area contributed by atoms with E-state index in [4.69, 9.17) is 23.2 Å². The molecule has 37 heavy (non-hydrogen) atoms. The third kappa shape index (κ3) is 5.14. The first-order valence-corrected chi connectivity index (χ1v) is 12.5. The lowest BCUT2D eigenvalue weighted by Crippen LogP contribution is -2.57. The summed E-state index contributed by atoms with van der Waals surface area (Å²) >= 11 is 12.0. The van der Waals surface area contributed by atoms with E-state index in [0.717, 1.165) is 27.7 Å². The molecular formula is C26H23Cl2N3O6. The molecule has 4 rings (SSSR count). The number of carbonyl (C=O) groups excluding carboxylic acids is 4. The molecule has 3 amide bonds. The van der Waals surface area contributed by atoms with Crippen LogP contribution in [0, 0.1) is 22.0 Å². The summed E-state index contributed by atoms with van der Waals surface area (Å²) in [6, 6.07) is 9.46. The number of benzene rings is 2. The number of halogens is 2. The quantitative estimate of drug-likeness (QED) is 0.117. The number of nitro groups is 1. The second kappa shape index (κ2) is 10.8. The van der Waals surface area contributed by atoms with E-state index in [9.17, 15) is 29.3 Å². The summed E-state index contributed by atoms with van der Waals surface area (Å²) < 4.78 is 0. The minimum atomic E-state index is -1.29. The molecule has 11 heteroatoms. The van der Waals surface area contributed by atoms with Gasteiger partial charge in [-0.15, -0.1) is 11.6 Å². The van der Waals surface area contributed by atoms with Gasteiger partial charge in [0.05, 0.1) is 16.8 Å². The largest absolute Gasteiger partial charge is 0.292 e. The Morgan fingerprint density at radius 2 is 1.65 bits per heavy atom. The zero-order valence-electron chi connectivity index (χ0n) is 19.8. The summed E-state index contributed by atoms with van der Waals surface area (Å²) in [6.07, 6.45) is 2.57. The molecule has 0 bridgehead atoms. The number of nitrogens with zero attached hydrogens (tertiary/aromatic N) is 3. The highest BCUT2D eigenvalue weighted by atomic mass is 35.5. The normalized spacial score (nSPS) is 19.8. The number of alkyl halides is 1. The standard InChI is InChI=1S/C26H23Cl2N3O6/c1-15-2-11-20-21(14-15)26(35)30(25(20)34)29(24(33)17-5-9-19(10-6-17)31(36)37)22(12-13-27)23(32)16-3-7-18(28)8-4-16/h2-10,20-22H,11-14H2,1H3/t20-,21+,22+/m0/s1. The van der Waals surface area contributed by atoms with Gasteiger partial charge in [-0.3, -0.25) is 29.3 Å². The minimum Gasteiger partial charge on any atom is -0.292 e. The van der Waals surface area contributed by atoms with Crippen molar-refractivity contribution in [2.75, 3.05) is 5.88 Å². The zero-order chi connectivity index (χ0) is 26.9. The average molecular weight is 544 g/mol. The first kappa shape index (κ1) is 26.5. The van der Waals surface area contributed by atoms with Gasteiger partial charge >= 0.3 is 0 Å². The molecule has 1 saturated heterocycles. The van der Waals surface area contributed by atoms with E-state index >= 15 is 0 Å². The fourth-order valence-electron chi connectivity index (χ4n) is 4.74. The second-order valence-electron chi connectivity index (χ2n) is 9.01. The molecule has 3 atom stereocenters. The van der Waals surface area contributed by atoms with E-state index in [1.165, 1.54) is 36.4 Å². The number of amides is 3. The Balaban J connectivity index is 1.80. The lowest BCUT2D eigenvalue weighted by atomic mass is 9.82. The van der Waals surface area contributed by atoms with Gasteiger partial charge in [0.25, 0.3) is 23.4 Å². The van der Waals surface area contributed by atoms with Crippen molar-refractivity contribution in [3.63, 3.8) is 0 Å². The van der Waals surface area contributed by atoms with Gasteiger partial charge in [-0.25, -0.2) is 5.01 Å². The molecule has 1 aliphatic heterocycles. The lowest BCUT2D eigenvalue weighted by Gasteiger charge is -2.36. The molecule has 2 aromatic rings. The fourth-order valence-corrected chi connectivity index (χ4v) is 5.07. The molecule has 0 radical (unpaired) electrons. The Bertz CT molecular complexity index is 1290. The van der Waals surface area contributed by atoms with Crippen molar-refractivity contribution in [2.24, 2.45) is 11.8 Å². The highest BCUT2D eigenvalue weighted by Crippen LogP contribution is 2.39. The van der Waals surface area contributed by atoms with Crippen LogP contribution in [0.3, 0.4) is 0 Å². The predicted octanol–water partition coefficient (Wildman–Crippen LogP) is 4.83. The Labute approximate surface area is 222 Å². The maximum atomic E-state index is 13.9. The number of non-ortho nitro benzene ring substituents is 1. The number of nitro benzene ring substituents is 1. The maximum Gasteiger partial charge on any atom is 0.273 e. The van der Waals surface area contributed by atoms with E-state index in [1.54, 1.807) is 0 Å². The molecule has 1 aliphatic carbocycles. The van der Waals surface area contributed by atoms with Gasteiger partial charge in [0.1, 0.15) is 6.04 Å². The predicted molar refractivity (Wildman–Crippen MR) is 136 cm³/mol. The van der Waals surface area contributed by atoms with Crippen LogP contribution in [-0.4, -0.2) is 50.4 Å². The van der Waals surface area contributed by atoms with E-state index in [-0.39, 0.29) is 29.1 Å². The maximum absolute atomic E-state index is 13.9. The van der Waals surface area contributed by atoms with Gasteiger partial charge < -0.3 is 0 Å². The van der Waals surface area contributed by atoms with Gasteiger partial charge in [0.15, 0.2) is 5.78 Å². The number of rotatable bonds is 8. The molecule has 2 aliphatic rings. The first-order chi connectivity index (χ1) is 17.6. The van der Waals surface area contributed by atoms with Gasteiger partial charge in [-0.1, -0.05) is 23.3 Å². The molecule has 1 fully saturated rings. The summed E-state index contributed by atoms with van der Waals surface area (Å²) in [7, 11) is 0. The Morgan fingerprint density at radius 1 is 1.05 bits per heavy atom. The Morgan fingerprint density at radius 3 is 2.24 bits per heavy atom. The molecule has 9 nitrogen and oxygen atoms in total. The van der Waals surface area contributed by atoms with Gasteiger partial charge in [-0.2, -0.15) is 5.01 Å². The first-order valence-electron chi connectivity index (χ1n) is 11.6. The number of imide groups is 1. The van der Waals surface area contributed by atoms with E-state index in [0.29, 0.717) is 17.9 Å². The smallest absolute Gasteiger partial charge is 0.273 e. The number of carbonyl (C=O) groups is 4. The molecule has 0 saturated carbocycles. The van der Waals surface area contributed by atoms with Crippen molar-refractivity contribution in [3.05, 3.63) is 86.4 Å². The van der Waals surface area contributed by atoms with Crippen LogP contribution in [-0.2, 0) is 9.59 Å². The summed E-state index contributed by atoms with van der Waals surface area (Å²) in [5.74, 6) is -3.83. The fraction of sp³-hybridized carbons (Fsp3) is 0.308. The Hall–Kier alpha value is -3.56. The van der Waals surface area contributed by atoms with Crippen molar-refractivity contribution >= 4 is 52.4 Å².